The van der Waals surface area contributed by atoms with Gasteiger partial charge in [0.05, 0.1) is 12.2 Å². The summed E-state index contributed by atoms with van der Waals surface area (Å²) < 4.78 is 3.51. The Hall–Kier alpha value is -3.26. The zero-order valence-corrected chi connectivity index (χ0v) is 19.0. The van der Waals surface area contributed by atoms with Gasteiger partial charge in [-0.2, -0.15) is 0 Å². The van der Waals surface area contributed by atoms with Gasteiger partial charge in [0.1, 0.15) is 5.15 Å². The van der Waals surface area contributed by atoms with Gasteiger partial charge in [0.2, 0.25) is 0 Å². The van der Waals surface area contributed by atoms with Gasteiger partial charge in [0, 0.05) is 30.1 Å². The molecular weight excluding hydrogens is 426 g/mol. The zero-order chi connectivity index (χ0) is 22.5. The molecule has 0 amide bonds. The lowest BCUT2D eigenvalue weighted by atomic mass is 10.0. The number of aromatic amines is 1. The molecule has 0 saturated carbocycles. The van der Waals surface area contributed by atoms with Crippen molar-refractivity contribution >= 4 is 11.6 Å². The molecule has 0 bridgehead atoms. The standard InChI is InChI=1S/C23H26ClN7O/c1-3-5-6-20-21(24)30(13-4-2)23(32)31(20)15-16-7-9-17(10-8-16)19-14-25-12-11-18(19)22-26-28-29-27-22/h7-12,14H,3-6,13,15H2,1-2H3,(H,26,27,28,29). The molecule has 0 aliphatic carbocycles. The predicted molar refractivity (Wildman–Crippen MR) is 125 cm³/mol. The molecule has 0 atom stereocenters. The molecule has 0 fully saturated rings. The normalized spacial score (nSPS) is 11.2. The van der Waals surface area contributed by atoms with Crippen LogP contribution < -0.4 is 5.69 Å². The summed E-state index contributed by atoms with van der Waals surface area (Å²) in [6, 6.07) is 10.0. The molecule has 0 aliphatic heterocycles. The van der Waals surface area contributed by atoms with Crippen LogP contribution in [0, 0.1) is 0 Å². The van der Waals surface area contributed by atoms with E-state index in [1.54, 1.807) is 17.0 Å². The van der Waals surface area contributed by atoms with E-state index in [9.17, 15) is 4.79 Å². The van der Waals surface area contributed by atoms with Gasteiger partial charge in [0.25, 0.3) is 0 Å². The Morgan fingerprint density at radius 1 is 1.03 bits per heavy atom. The summed E-state index contributed by atoms with van der Waals surface area (Å²) in [6.07, 6.45) is 7.21. The molecule has 1 aromatic carbocycles. The average Bonchev–Trinajstić information content (AvgIpc) is 3.43. The minimum Gasteiger partial charge on any atom is -0.290 e. The van der Waals surface area contributed by atoms with E-state index in [-0.39, 0.29) is 5.69 Å². The number of hydrogen-bond acceptors (Lipinski definition) is 5. The number of H-pyrrole nitrogens is 1. The maximum absolute atomic E-state index is 13.0. The summed E-state index contributed by atoms with van der Waals surface area (Å²) >= 11 is 6.60. The van der Waals surface area contributed by atoms with Gasteiger partial charge in [-0.25, -0.2) is 9.89 Å². The van der Waals surface area contributed by atoms with Crippen LogP contribution in [0.2, 0.25) is 5.15 Å². The molecular formula is C23H26ClN7O. The van der Waals surface area contributed by atoms with E-state index >= 15 is 0 Å². The molecule has 1 N–H and O–H groups in total. The average molecular weight is 452 g/mol. The van der Waals surface area contributed by atoms with Crippen LogP contribution in [0.15, 0.2) is 47.5 Å². The molecule has 0 radical (unpaired) electrons. The number of tetrazole rings is 1. The molecule has 0 unspecified atom stereocenters. The van der Waals surface area contributed by atoms with Gasteiger partial charge in [-0.15, -0.1) is 5.10 Å². The van der Waals surface area contributed by atoms with Crippen LogP contribution in [-0.4, -0.2) is 34.7 Å². The number of aromatic nitrogens is 7. The Labute approximate surface area is 191 Å². The Morgan fingerprint density at radius 3 is 2.53 bits per heavy atom. The minimum absolute atomic E-state index is 0.0422. The lowest BCUT2D eigenvalue weighted by molar-refractivity contribution is 0.618. The lowest BCUT2D eigenvalue weighted by Crippen LogP contribution is -2.25. The fourth-order valence-corrected chi connectivity index (χ4v) is 4.20. The fraction of sp³-hybridized carbons (Fsp3) is 0.348. The zero-order valence-electron chi connectivity index (χ0n) is 18.3. The number of nitrogens with zero attached hydrogens (tertiary/aromatic N) is 6. The highest BCUT2D eigenvalue weighted by Crippen LogP contribution is 2.29. The highest BCUT2D eigenvalue weighted by atomic mass is 35.5. The second-order valence-electron chi connectivity index (χ2n) is 7.73. The summed E-state index contributed by atoms with van der Waals surface area (Å²) in [5, 5.41) is 14.7. The van der Waals surface area contributed by atoms with Crippen molar-refractivity contribution < 1.29 is 0 Å². The lowest BCUT2D eigenvalue weighted by Gasteiger charge is -2.10. The van der Waals surface area contributed by atoms with Gasteiger partial charge in [-0.1, -0.05) is 56.1 Å². The largest absolute Gasteiger partial charge is 0.329 e. The van der Waals surface area contributed by atoms with E-state index in [0.717, 1.165) is 53.6 Å². The highest BCUT2D eigenvalue weighted by Gasteiger charge is 2.18. The number of nitrogens with one attached hydrogen (secondary N) is 1. The van der Waals surface area contributed by atoms with Gasteiger partial charge in [-0.05, 0) is 46.9 Å². The van der Waals surface area contributed by atoms with Crippen LogP contribution in [0.25, 0.3) is 22.5 Å². The predicted octanol–water partition coefficient (Wildman–Crippen LogP) is 4.35. The Kier molecular flexibility index (Phi) is 6.80. The van der Waals surface area contributed by atoms with Crippen molar-refractivity contribution in [1.82, 2.24) is 34.7 Å². The van der Waals surface area contributed by atoms with Crippen molar-refractivity contribution in [2.75, 3.05) is 0 Å². The third-order valence-corrected chi connectivity index (χ3v) is 5.93. The van der Waals surface area contributed by atoms with Gasteiger partial charge in [0.15, 0.2) is 5.82 Å². The molecule has 8 nitrogen and oxygen atoms in total. The second-order valence-corrected chi connectivity index (χ2v) is 8.09. The minimum atomic E-state index is -0.0422. The number of unbranched alkanes of at least 4 members (excludes halogenated alkanes) is 1. The maximum Gasteiger partial charge on any atom is 0.329 e. The first-order valence-corrected chi connectivity index (χ1v) is 11.3. The topological polar surface area (TPSA) is 94.3 Å². The molecule has 0 saturated heterocycles. The van der Waals surface area contributed by atoms with E-state index in [2.05, 4.69) is 32.5 Å². The number of hydrogen-bond donors (Lipinski definition) is 1. The quantitative estimate of drug-likeness (QED) is 0.408. The summed E-state index contributed by atoms with van der Waals surface area (Å²) in [7, 11) is 0. The van der Waals surface area contributed by atoms with E-state index in [4.69, 9.17) is 11.6 Å². The molecule has 32 heavy (non-hydrogen) atoms. The van der Waals surface area contributed by atoms with Crippen molar-refractivity contribution in [3.63, 3.8) is 0 Å². The first-order valence-electron chi connectivity index (χ1n) is 10.9. The van der Waals surface area contributed by atoms with Crippen molar-refractivity contribution in [3.8, 4) is 22.5 Å². The van der Waals surface area contributed by atoms with Crippen molar-refractivity contribution in [2.45, 2.75) is 52.6 Å². The molecule has 0 aliphatic rings. The fourth-order valence-electron chi connectivity index (χ4n) is 3.85. The number of pyridine rings is 1. The van der Waals surface area contributed by atoms with Crippen molar-refractivity contribution in [3.05, 3.63) is 69.6 Å². The van der Waals surface area contributed by atoms with Crippen LogP contribution in [0.3, 0.4) is 0 Å². The second kappa shape index (κ2) is 9.91. The van der Waals surface area contributed by atoms with Gasteiger partial charge in [-0.3, -0.25) is 14.1 Å². The van der Waals surface area contributed by atoms with E-state index in [1.165, 1.54) is 0 Å². The van der Waals surface area contributed by atoms with Crippen molar-refractivity contribution in [1.29, 1.82) is 0 Å². The monoisotopic (exact) mass is 451 g/mol. The summed E-state index contributed by atoms with van der Waals surface area (Å²) in [5.74, 6) is 0.588. The Balaban J connectivity index is 1.65. The highest BCUT2D eigenvalue weighted by molar-refractivity contribution is 6.30. The van der Waals surface area contributed by atoms with E-state index in [0.29, 0.717) is 24.1 Å². The van der Waals surface area contributed by atoms with Crippen LogP contribution >= 0.6 is 11.6 Å². The molecule has 9 heteroatoms. The molecule has 4 aromatic rings. The van der Waals surface area contributed by atoms with Gasteiger partial charge < -0.3 is 0 Å². The smallest absolute Gasteiger partial charge is 0.290 e. The van der Waals surface area contributed by atoms with Crippen LogP contribution in [0.5, 0.6) is 0 Å². The molecule has 3 aromatic heterocycles. The molecule has 3 heterocycles. The van der Waals surface area contributed by atoms with Crippen molar-refractivity contribution in [2.24, 2.45) is 0 Å². The SMILES string of the molecule is CCCCc1c(Cl)n(CCC)c(=O)n1Cc1ccc(-c2cnccc2-c2nnn[nH]2)cc1. The third-order valence-electron chi connectivity index (χ3n) is 5.50. The van der Waals surface area contributed by atoms with E-state index in [1.807, 2.05) is 41.8 Å². The molecule has 0 spiro atoms. The summed E-state index contributed by atoms with van der Waals surface area (Å²) in [6.45, 7) is 5.30. The summed E-state index contributed by atoms with van der Waals surface area (Å²) in [5.41, 5.74) is 4.71. The molecule has 166 valence electrons. The first-order chi connectivity index (χ1) is 15.6. The Morgan fingerprint density at radius 2 is 1.84 bits per heavy atom. The summed E-state index contributed by atoms with van der Waals surface area (Å²) in [4.78, 5) is 17.3. The number of halogens is 1. The van der Waals surface area contributed by atoms with Gasteiger partial charge >= 0.3 is 5.69 Å². The van der Waals surface area contributed by atoms with Crippen LogP contribution in [0.1, 0.15) is 44.4 Å². The first kappa shape index (κ1) is 22.0. The number of imidazole rings is 1. The maximum atomic E-state index is 13.0. The van der Waals surface area contributed by atoms with E-state index < -0.39 is 0 Å². The number of rotatable bonds is 9. The molecule has 4 rings (SSSR count). The third kappa shape index (κ3) is 4.36. The number of benzene rings is 1. The van der Waals surface area contributed by atoms with Crippen LogP contribution in [-0.2, 0) is 19.5 Å². The van der Waals surface area contributed by atoms with Crippen LogP contribution in [0.4, 0.5) is 0 Å². The Bertz CT molecular complexity index is 1230.